The average Bonchev–Trinajstić information content (AvgIpc) is 2.45. The largest absolute Gasteiger partial charge is 0.457 e. The minimum atomic E-state index is -0.0948. The van der Waals surface area contributed by atoms with E-state index in [-0.39, 0.29) is 18.0 Å². The first-order valence-electron chi connectivity index (χ1n) is 7.21. The van der Waals surface area contributed by atoms with Gasteiger partial charge in [0.25, 0.3) is 0 Å². The van der Waals surface area contributed by atoms with Crippen LogP contribution in [0.3, 0.4) is 0 Å². The zero-order valence-electron chi connectivity index (χ0n) is 11.8. The molecule has 19 heavy (non-hydrogen) atoms. The lowest BCUT2D eigenvalue weighted by atomic mass is 9.89. The molecule has 1 aliphatic carbocycles. The van der Waals surface area contributed by atoms with Crippen LogP contribution in [0.2, 0.25) is 0 Å². The van der Waals surface area contributed by atoms with Crippen molar-refractivity contribution >= 4 is 5.97 Å². The normalized spacial score (nSPS) is 19.6. The van der Waals surface area contributed by atoms with Crippen LogP contribution < -0.4 is 5.32 Å². The molecular formula is C16H23NO2. The Labute approximate surface area is 115 Å². The maximum atomic E-state index is 12.1. The summed E-state index contributed by atoms with van der Waals surface area (Å²) in [5.74, 6) is -0.184. The number of benzene rings is 1. The zero-order chi connectivity index (χ0) is 13.7. The smallest absolute Gasteiger partial charge is 0.310 e. The van der Waals surface area contributed by atoms with Crippen LogP contribution in [0.5, 0.6) is 0 Å². The Bertz CT molecular complexity index is 431. The molecular weight excluding hydrogens is 238 g/mol. The molecule has 3 nitrogen and oxygen atoms in total. The molecule has 0 radical (unpaired) electrons. The van der Waals surface area contributed by atoms with Crippen LogP contribution in [-0.4, -0.2) is 19.1 Å². The van der Waals surface area contributed by atoms with Crippen molar-refractivity contribution in [2.24, 2.45) is 5.92 Å². The second kappa shape index (κ2) is 6.71. The van der Waals surface area contributed by atoms with Crippen molar-refractivity contribution < 1.29 is 9.53 Å². The third-order valence-electron chi connectivity index (χ3n) is 3.68. The molecule has 3 heteroatoms. The van der Waals surface area contributed by atoms with Crippen molar-refractivity contribution in [3.63, 3.8) is 0 Å². The van der Waals surface area contributed by atoms with Gasteiger partial charge in [0.15, 0.2) is 0 Å². The summed E-state index contributed by atoms with van der Waals surface area (Å²) in [5, 5.41) is 3.18. The fourth-order valence-electron chi connectivity index (χ4n) is 2.53. The molecule has 2 rings (SSSR count). The number of nitrogens with one attached hydrogen (secondary N) is 1. The zero-order valence-corrected chi connectivity index (χ0v) is 11.8. The van der Waals surface area contributed by atoms with Crippen LogP contribution in [0.1, 0.15) is 43.9 Å². The topological polar surface area (TPSA) is 38.3 Å². The van der Waals surface area contributed by atoms with E-state index < -0.39 is 0 Å². The van der Waals surface area contributed by atoms with Crippen molar-refractivity contribution in [3.05, 3.63) is 35.4 Å². The number of ether oxygens (including phenoxy) is 1. The Morgan fingerprint density at radius 2 is 2.26 bits per heavy atom. The Balaban J connectivity index is 1.98. The highest BCUT2D eigenvalue weighted by Crippen LogP contribution is 2.32. The van der Waals surface area contributed by atoms with E-state index in [1.165, 1.54) is 11.1 Å². The number of aryl methyl sites for hydroxylation is 1. The summed E-state index contributed by atoms with van der Waals surface area (Å²) in [6.07, 6.45) is 3.08. The molecule has 1 aromatic rings. The monoisotopic (exact) mass is 261 g/mol. The van der Waals surface area contributed by atoms with E-state index in [9.17, 15) is 4.79 Å². The van der Waals surface area contributed by atoms with Gasteiger partial charge in [-0.25, -0.2) is 0 Å². The van der Waals surface area contributed by atoms with E-state index >= 15 is 0 Å². The summed E-state index contributed by atoms with van der Waals surface area (Å²) < 4.78 is 5.70. The maximum Gasteiger partial charge on any atom is 0.310 e. The Kier molecular flexibility index (Phi) is 4.97. The van der Waals surface area contributed by atoms with Gasteiger partial charge in [-0.3, -0.25) is 4.79 Å². The van der Waals surface area contributed by atoms with Gasteiger partial charge in [-0.1, -0.05) is 38.1 Å². The SMILES string of the molecule is CCNCC(C)C(=O)OC1CCCc2ccccc21. The van der Waals surface area contributed by atoms with Crippen LogP contribution in [-0.2, 0) is 16.0 Å². The van der Waals surface area contributed by atoms with Crippen molar-refractivity contribution in [2.75, 3.05) is 13.1 Å². The number of fused-ring (bicyclic) bond motifs is 1. The summed E-state index contributed by atoms with van der Waals surface area (Å²) in [7, 11) is 0. The molecule has 0 amide bonds. The van der Waals surface area contributed by atoms with Crippen molar-refractivity contribution in [2.45, 2.75) is 39.2 Å². The maximum absolute atomic E-state index is 12.1. The van der Waals surface area contributed by atoms with Gasteiger partial charge < -0.3 is 10.1 Å². The minimum absolute atomic E-state index is 0.0541. The lowest BCUT2D eigenvalue weighted by Crippen LogP contribution is -2.29. The van der Waals surface area contributed by atoms with Crippen LogP contribution in [0.4, 0.5) is 0 Å². The second-order valence-electron chi connectivity index (χ2n) is 5.23. The molecule has 1 aromatic carbocycles. The van der Waals surface area contributed by atoms with Crippen molar-refractivity contribution in [3.8, 4) is 0 Å². The standard InChI is InChI=1S/C16H23NO2/c1-3-17-11-12(2)16(18)19-15-10-6-8-13-7-4-5-9-14(13)15/h4-5,7,9,12,15,17H,3,6,8,10-11H2,1-2H3. The lowest BCUT2D eigenvalue weighted by molar-refractivity contribution is -0.154. The summed E-state index contributed by atoms with van der Waals surface area (Å²) in [5.41, 5.74) is 2.52. The van der Waals surface area contributed by atoms with Gasteiger partial charge in [-0.2, -0.15) is 0 Å². The Morgan fingerprint density at radius 3 is 3.05 bits per heavy atom. The van der Waals surface area contributed by atoms with Gasteiger partial charge in [0.05, 0.1) is 5.92 Å². The number of esters is 1. The molecule has 2 unspecified atom stereocenters. The fraction of sp³-hybridized carbons (Fsp3) is 0.562. The average molecular weight is 261 g/mol. The highest BCUT2D eigenvalue weighted by molar-refractivity contribution is 5.72. The Hall–Kier alpha value is -1.35. The van der Waals surface area contributed by atoms with E-state index in [2.05, 4.69) is 23.5 Å². The minimum Gasteiger partial charge on any atom is -0.457 e. The van der Waals surface area contributed by atoms with Gasteiger partial charge in [0, 0.05) is 6.54 Å². The van der Waals surface area contributed by atoms with E-state index in [0.717, 1.165) is 25.8 Å². The highest BCUT2D eigenvalue weighted by atomic mass is 16.5. The number of carbonyl (C=O) groups excluding carboxylic acids is 1. The summed E-state index contributed by atoms with van der Waals surface area (Å²) >= 11 is 0. The molecule has 0 aromatic heterocycles. The Morgan fingerprint density at radius 1 is 1.47 bits per heavy atom. The number of hydrogen-bond acceptors (Lipinski definition) is 3. The van der Waals surface area contributed by atoms with E-state index in [1.807, 2.05) is 19.9 Å². The summed E-state index contributed by atoms with van der Waals surface area (Å²) in [6.45, 7) is 5.52. The van der Waals surface area contributed by atoms with Gasteiger partial charge in [0.1, 0.15) is 6.10 Å². The molecule has 0 saturated carbocycles. The van der Waals surface area contributed by atoms with Crippen LogP contribution in [0, 0.1) is 5.92 Å². The first-order chi connectivity index (χ1) is 9.22. The molecule has 0 fully saturated rings. The first kappa shape index (κ1) is 14.1. The van der Waals surface area contributed by atoms with E-state index in [1.54, 1.807) is 0 Å². The number of carbonyl (C=O) groups is 1. The lowest BCUT2D eigenvalue weighted by Gasteiger charge is -2.26. The molecule has 104 valence electrons. The summed E-state index contributed by atoms with van der Waals surface area (Å²) in [6, 6.07) is 8.29. The van der Waals surface area contributed by atoms with E-state index in [0.29, 0.717) is 6.54 Å². The van der Waals surface area contributed by atoms with Gasteiger partial charge in [-0.05, 0) is 36.9 Å². The summed E-state index contributed by atoms with van der Waals surface area (Å²) in [4.78, 5) is 12.1. The molecule has 0 heterocycles. The highest BCUT2D eigenvalue weighted by Gasteiger charge is 2.25. The third-order valence-corrected chi connectivity index (χ3v) is 3.68. The molecule has 0 bridgehead atoms. The molecule has 2 atom stereocenters. The molecule has 1 aliphatic rings. The first-order valence-corrected chi connectivity index (χ1v) is 7.21. The molecule has 0 aliphatic heterocycles. The van der Waals surface area contributed by atoms with Gasteiger partial charge in [0.2, 0.25) is 0 Å². The molecule has 1 N–H and O–H groups in total. The predicted molar refractivity (Wildman–Crippen MR) is 75.9 cm³/mol. The van der Waals surface area contributed by atoms with Crippen molar-refractivity contribution in [1.82, 2.24) is 5.32 Å². The quantitative estimate of drug-likeness (QED) is 0.828. The van der Waals surface area contributed by atoms with Crippen LogP contribution >= 0.6 is 0 Å². The fourth-order valence-corrected chi connectivity index (χ4v) is 2.53. The predicted octanol–water partition coefficient (Wildman–Crippen LogP) is 2.85. The third kappa shape index (κ3) is 3.57. The molecule has 0 spiro atoms. The number of rotatable bonds is 5. The van der Waals surface area contributed by atoms with Gasteiger partial charge >= 0.3 is 5.97 Å². The van der Waals surface area contributed by atoms with Gasteiger partial charge in [-0.15, -0.1) is 0 Å². The molecule has 0 saturated heterocycles. The van der Waals surface area contributed by atoms with E-state index in [4.69, 9.17) is 4.74 Å². The van der Waals surface area contributed by atoms with Crippen LogP contribution in [0.15, 0.2) is 24.3 Å². The second-order valence-corrected chi connectivity index (χ2v) is 5.23. The van der Waals surface area contributed by atoms with Crippen molar-refractivity contribution in [1.29, 1.82) is 0 Å². The number of hydrogen-bond donors (Lipinski definition) is 1. The van der Waals surface area contributed by atoms with Crippen LogP contribution in [0.25, 0.3) is 0 Å².